The second-order valence-corrected chi connectivity index (χ2v) is 7.76. The third kappa shape index (κ3) is 5.19. The van der Waals surface area contributed by atoms with Crippen LogP contribution in [-0.2, 0) is 4.79 Å². The number of carbonyl (C=O) groups excluding carboxylic acids is 1. The van der Waals surface area contributed by atoms with Gasteiger partial charge < -0.3 is 20.3 Å². The predicted octanol–water partition coefficient (Wildman–Crippen LogP) is 4.18. The molecule has 1 amide bonds. The zero-order valence-electron chi connectivity index (χ0n) is 17.8. The van der Waals surface area contributed by atoms with Gasteiger partial charge in [0, 0.05) is 28.9 Å². The Hall–Kier alpha value is -3.45. The largest absolute Gasteiger partial charge is 0.496 e. The Morgan fingerprint density at radius 3 is 2.48 bits per heavy atom. The van der Waals surface area contributed by atoms with Gasteiger partial charge in [0.15, 0.2) is 0 Å². The van der Waals surface area contributed by atoms with Crippen molar-refractivity contribution in [3.63, 3.8) is 0 Å². The number of hydrogen-bond donors (Lipinski definition) is 2. The Balaban J connectivity index is 1.41. The molecule has 0 aliphatic carbocycles. The molecule has 0 unspecified atom stereocenters. The number of para-hydroxylation sites is 1. The Bertz CT molecular complexity index is 1030. The van der Waals surface area contributed by atoms with Gasteiger partial charge in [0.25, 0.3) is 0 Å². The van der Waals surface area contributed by atoms with Gasteiger partial charge in [-0.15, -0.1) is 0 Å². The summed E-state index contributed by atoms with van der Waals surface area (Å²) >= 11 is 0. The van der Waals surface area contributed by atoms with Crippen molar-refractivity contribution in [2.24, 2.45) is 5.92 Å². The summed E-state index contributed by atoms with van der Waals surface area (Å²) in [4.78, 5) is 23.5. The molecule has 0 bridgehead atoms. The van der Waals surface area contributed by atoms with E-state index in [1.165, 1.54) is 6.33 Å². The number of nitrogens with one attached hydrogen (secondary N) is 2. The van der Waals surface area contributed by atoms with Crippen LogP contribution in [0.5, 0.6) is 5.75 Å². The normalized spacial score (nSPS) is 14.8. The number of carbonyl (C=O) groups is 1. The van der Waals surface area contributed by atoms with E-state index in [0.29, 0.717) is 5.82 Å². The first-order chi connectivity index (χ1) is 15.1. The van der Waals surface area contributed by atoms with Crippen molar-refractivity contribution < 1.29 is 9.53 Å². The molecule has 1 aliphatic rings. The number of anilines is 3. The number of piperidine rings is 1. The number of amides is 1. The molecular formula is C24H27N5O2. The molecule has 1 aromatic heterocycles. The lowest BCUT2D eigenvalue weighted by Gasteiger charge is -2.28. The SMILES string of the molecule is COc1ccccc1-c1cc(Nc2ccc(NC(=O)C3CCN(C)CC3)cc2)ncn1. The third-order valence-corrected chi connectivity index (χ3v) is 5.56. The first kappa shape index (κ1) is 20.8. The van der Waals surface area contributed by atoms with Gasteiger partial charge >= 0.3 is 0 Å². The fraction of sp³-hybridized carbons (Fsp3) is 0.292. The van der Waals surface area contributed by atoms with Crippen LogP contribution in [-0.4, -0.2) is 48.0 Å². The van der Waals surface area contributed by atoms with Crippen LogP contribution in [0.15, 0.2) is 60.9 Å². The lowest BCUT2D eigenvalue weighted by atomic mass is 9.96. The average Bonchev–Trinajstić information content (AvgIpc) is 2.81. The fourth-order valence-electron chi connectivity index (χ4n) is 3.73. The van der Waals surface area contributed by atoms with Crippen LogP contribution in [0.25, 0.3) is 11.3 Å². The van der Waals surface area contributed by atoms with Crippen LogP contribution >= 0.6 is 0 Å². The van der Waals surface area contributed by atoms with Crippen LogP contribution in [0, 0.1) is 5.92 Å². The molecule has 31 heavy (non-hydrogen) atoms. The highest BCUT2D eigenvalue weighted by Gasteiger charge is 2.23. The topological polar surface area (TPSA) is 79.4 Å². The lowest BCUT2D eigenvalue weighted by Crippen LogP contribution is -2.35. The summed E-state index contributed by atoms with van der Waals surface area (Å²) in [6.07, 6.45) is 3.34. The molecule has 0 saturated carbocycles. The van der Waals surface area contributed by atoms with Crippen molar-refractivity contribution in [2.45, 2.75) is 12.8 Å². The molecule has 2 heterocycles. The smallest absolute Gasteiger partial charge is 0.227 e. The Morgan fingerprint density at radius 2 is 1.74 bits per heavy atom. The molecule has 4 rings (SSSR count). The van der Waals surface area contributed by atoms with E-state index < -0.39 is 0 Å². The van der Waals surface area contributed by atoms with Gasteiger partial charge in [-0.2, -0.15) is 0 Å². The molecule has 2 N–H and O–H groups in total. The number of hydrogen-bond acceptors (Lipinski definition) is 6. The number of nitrogens with zero attached hydrogens (tertiary/aromatic N) is 3. The maximum atomic E-state index is 12.5. The Morgan fingerprint density at radius 1 is 1.03 bits per heavy atom. The first-order valence-electron chi connectivity index (χ1n) is 10.4. The van der Waals surface area contributed by atoms with E-state index in [1.54, 1.807) is 7.11 Å². The van der Waals surface area contributed by atoms with E-state index in [2.05, 4.69) is 32.5 Å². The molecule has 0 spiro atoms. The summed E-state index contributed by atoms with van der Waals surface area (Å²) in [6.45, 7) is 1.94. The van der Waals surface area contributed by atoms with E-state index in [-0.39, 0.29) is 11.8 Å². The second-order valence-electron chi connectivity index (χ2n) is 7.76. The standard InChI is InChI=1S/C24H27N5O2/c1-29-13-11-17(12-14-29)24(30)28-19-9-7-18(8-10-19)27-23-15-21(25-16-26-23)20-5-3-4-6-22(20)31-2/h3-10,15-17H,11-14H2,1-2H3,(H,28,30)(H,25,26,27). The highest BCUT2D eigenvalue weighted by molar-refractivity contribution is 5.92. The minimum Gasteiger partial charge on any atom is -0.496 e. The van der Waals surface area contributed by atoms with Crippen molar-refractivity contribution >= 4 is 23.1 Å². The molecule has 1 fully saturated rings. The van der Waals surface area contributed by atoms with Crippen LogP contribution in [0.4, 0.5) is 17.2 Å². The van der Waals surface area contributed by atoms with Gasteiger partial charge in [-0.1, -0.05) is 12.1 Å². The monoisotopic (exact) mass is 417 g/mol. The number of ether oxygens (including phenoxy) is 1. The average molecular weight is 418 g/mol. The first-order valence-corrected chi connectivity index (χ1v) is 10.4. The summed E-state index contributed by atoms with van der Waals surface area (Å²) < 4.78 is 5.43. The van der Waals surface area contributed by atoms with Crippen molar-refractivity contribution in [3.05, 3.63) is 60.9 Å². The van der Waals surface area contributed by atoms with Crippen molar-refractivity contribution in [1.82, 2.24) is 14.9 Å². The zero-order valence-corrected chi connectivity index (χ0v) is 17.8. The number of aromatic nitrogens is 2. The molecule has 3 aromatic rings. The molecule has 160 valence electrons. The van der Waals surface area contributed by atoms with Crippen LogP contribution in [0.1, 0.15) is 12.8 Å². The Labute approximate surface area is 182 Å². The molecule has 1 saturated heterocycles. The van der Waals surface area contributed by atoms with Crippen LogP contribution in [0.3, 0.4) is 0 Å². The predicted molar refractivity (Wildman–Crippen MR) is 123 cm³/mol. The molecular weight excluding hydrogens is 390 g/mol. The molecule has 0 atom stereocenters. The number of likely N-dealkylation sites (tertiary alicyclic amines) is 1. The number of rotatable bonds is 6. The van der Waals surface area contributed by atoms with Gasteiger partial charge in [-0.25, -0.2) is 9.97 Å². The molecule has 2 aromatic carbocycles. The zero-order chi connectivity index (χ0) is 21.6. The molecule has 7 nitrogen and oxygen atoms in total. The molecule has 7 heteroatoms. The van der Waals surface area contributed by atoms with Gasteiger partial charge in [0.05, 0.1) is 12.8 Å². The van der Waals surface area contributed by atoms with Crippen LogP contribution < -0.4 is 15.4 Å². The number of methoxy groups -OCH3 is 1. The lowest BCUT2D eigenvalue weighted by molar-refractivity contribution is -0.121. The van der Waals surface area contributed by atoms with E-state index in [1.807, 2.05) is 54.6 Å². The highest BCUT2D eigenvalue weighted by Crippen LogP contribution is 2.29. The van der Waals surface area contributed by atoms with Gasteiger partial charge in [0.2, 0.25) is 5.91 Å². The van der Waals surface area contributed by atoms with E-state index in [9.17, 15) is 4.79 Å². The fourth-order valence-corrected chi connectivity index (χ4v) is 3.73. The third-order valence-electron chi connectivity index (χ3n) is 5.56. The van der Waals surface area contributed by atoms with Gasteiger partial charge in [-0.3, -0.25) is 4.79 Å². The van der Waals surface area contributed by atoms with Gasteiger partial charge in [-0.05, 0) is 69.4 Å². The van der Waals surface area contributed by atoms with E-state index >= 15 is 0 Å². The summed E-state index contributed by atoms with van der Waals surface area (Å²) in [5.41, 5.74) is 3.35. The second kappa shape index (κ2) is 9.57. The van der Waals surface area contributed by atoms with Crippen molar-refractivity contribution in [1.29, 1.82) is 0 Å². The quantitative estimate of drug-likeness (QED) is 0.627. The minimum absolute atomic E-state index is 0.0865. The summed E-state index contributed by atoms with van der Waals surface area (Å²) in [7, 11) is 3.74. The summed E-state index contributed by atoms with van der Waals surface area (Å²) in [6, 6.07) is 17.3. The highest BCUT2D eigenvalue weighted by atomic mass is 16.5. The van der Waals surface area contributed by atoms with Crippen molar-refractivity contribution in [3.8, 4) is 17.0 Å². The van der Waals surface area contributed by atoms with E-state index in [0.717, 1.165) is 54.3 Å². The van der Waals surface area contributed by atoms with E-state index in [4.69, 9.17) is 4.74 Å². The summed E-state index contributed by atoms with van der Waals surface area (Å²) in [5, 5.41) is 6.33. The summed E-state index contributed by atoms with van der Waals surface area (Å²) in [5.74, 6) is 1.63. The maximum absolute atomic E-state index is 12.5. The van der Waals surface area contributed by atoms with Gasteiger partial charge in [0.1, 0.15) is 17.9 Å². The van der Waals surface area contributed by atoms with Crippen molar-refractivity contribution in [2.75, 3.05) is 37.9 Å². The van der Waals surface area contributed by atoms with Crippen LogP contribution in [0.2, 0.25) is 0 Å². The maximum Gasteiger partial charge on any atom is 0.227 e. The minimum atomic E-state index is 0.0865. The molecule has 1 aliphatic heterocycles. The Kier molecular flexibility index (Phi) is 6.43. The number of benzene rings is 2. The molecule has 0 radical (unpaired) electrons.